The number of halogens is 1. The monoisotopic (exact) mass is 319 g/mol. The van der Waals surface area contributed by atoms with Crippen molar-refractivity contribution in [2.45, 2.75) is 18.7 Å². The van der Waals surface area contributed by atoms with Gasteiger partial charge in [-0.05, 0) is 24.1 Å². The first-order valence-corrected chi connectivity index (χ1v) is 7.63. The summed E-state index contributed by atoms with van der Waals surface area (Å²) in [6.07, 6.45) is 0. The molecule has 2 N–H and O–H groups in total. The molecule has 17 heavy (non-hydrogen) atoms. The standard InChI is InChI=1S/C12H18BrNO2S/c1-9(2)8-16-5-6-17(15)12-4-3-10(13)7-11(12)14/h3-4,7,9H,5-6,8,14H2,1-2H3. The molecule has 1 aromatic carbocycles. The van der Waals surface area contributed by atoms with E-state index in [2.05, 4.69) is 29.8 Å². The van der Waals surface area contributed by atoms with Gasteiger partial charge in [0.05, 0.1) is 28.1 Å². The second-order valence-electron chi connectivity index (χ2n) is 4.20. The number of nitrogens with two attached hydrogens (primary N) is 1. The topological polar surface area (TPSA) is 52.3 Å². The van der Waals surface area contributed by atoms with Gasteiger partial charge in [0, 0.05) is 16.8 Å². The van der Waals surface area contributed by atoms with Crippen LogP contribution in [-0.2, 0) is 15.5 Å². The Morgan fingerprint density at radius 1 is 1.47 bits per heavy atom. The molecule has 1 atom stereocenters. The van der Waals surface area contributed by atoms with Gasteiger partial charge in [-0.2, -0.15) is 0 Å². The predicted octanol–water partition coefficient (Wildman–Crippen LogP) is 2.81. The molecule has 0 amide bonds. The summed E-state index contributed by atoms with van der Waals surface area (Å²) in [5.74, 6) is 0.986. The van der Waals surface area contributed by atoms with Gasteiger partial charge >= 0.3 is 0 Å². The Labute approximate surface area is 113 Å². The summed E-state index contributed by atoms with van der Waals surface area (Å²) >= 11 is 3.32. The molecule has 1 unspecified atom stereocenters. The van der Waals surface area contributed by atoms with E-state index in [-0.39, 0.29) is 0 Å². The lowest BCUT2D eigenvalue weighted by molar-refractivity contribution is 0.123. The summed E-state index contributed by atoms with van der Waals surface area (Å²) in [5.41, 5.74) is 6.37. The Morgan fingerprint density at radius 2 is 2.18 bits per heavy atom. The van der Waals surface area contributed by atoms with Crippen LogP contribution in [0.4, 0.5) is 5.69 Å². The molecule has 0 bridgehead atoms. The van der Waals surface area contributed by atoms with E-state index in [0.717, 1.165) is 4.47 Å². The molecule has 5 heteroatoms. The Kier molecular flexibility index (Phi) is 6.16. The van der Waals surface area contributed by atoms with E-state index in [1.165, 1.54) is 0 Å². The minimum atomic E-state index is -1.09. The van der Waals surface area contributed by atoms with E-state index in [1.807, 2.05) is 6.07 Å². The van der Waals surface area contributed by atoms with Crippen LogP contribution in [0.25, 0.3) is 0 Å². The fourth-order valence-corrected chi connectivity index (χ4v) is 2.70. The molecular weight excluding hydrogens is 302 g/mol. The zero-order chi connectivity index (χ0) is 12.8. The summed E-state index contributed by atoms with van der Waals surface area (Å²) in [4.78, 5) is 0.682. The minimum absolute atomic E-state index is 0.485. The number of ether oxygens (including phenoxy) is 1. The highest BCUT2D eigenvalue weighted by atomic mass is 79.9. The van der Waals surface area contributed by atoms with Crippen molar-refractivity contribution in [1.82, 2.24) is 0 Å². The van der Waals surface area contributed by atoms with Crippen molar-refractivity contribution in [3.05, 3.63) is 22.7 Å². The number of hydrogen-bond acceptors (Lipinski definition) is 3. The Bertz CT molecular complexity index is 396. The molecule has 0 saturated heterocycles. The van der Waals surface area contributed by atoms with Gasteiger partial charge in [-0.15, -0.1) is 0 Å². The third-order valence-corrected chi connectivity index (χ3v) is 3.97. The second kappa shape index (κ2) is 7.13. The van der Waals surface area contributed by atoms with Gasteiger partial charge in [0.2, 0.25) is 0 Å². The van der Waals surface area contributed by atoms with Crippen LogP contribution in [0.15, 0.2) is 27.6 Å². The SMILES string of the molecule is CC(C)COCCS(=O)c1ccc(Br)cc1N. The maximum atomic E-state index is 12.0. The second-order valence-corrected chi connectivity index (χ2v) is 6.66. The molecule has 0 aliphatic carbocycles. The van der Waals surface area contributed by atoms with E-state index in [4.69, 9.17) is 10.5 Å². The first-order chi connectivity index (χ1) is 8.00. The number of rotatable bonds is 6. The Balaban J connectivity index is 2.47. The highest BCUT2D eigenvalue weighted by Gasteiger charge is 2.08. The molecule has 3 nitrogen and oxygen atoms in total. The third-order valence-electron chi connectivity index (χ3n) is 2.08. The van der Waals surface area contributed by atoms with Gasteiger partial charge in [0.1, 0.15) is 0 Å². The Morgan fingerprint density at radius 3 is 2.76 bits per heavy atom. The summed E-state index contributed by atoms with van der Waals surface area (Å²) in [6, 6.07) is 5.40. The number of hydrogen-bond donors (Lipinski definition) is 1. The van der Waals surface area contributed by atoms with Crippen LogP contribution in [0.1, 0.15) is 13.8 Å². The molecule has 0 aliphatic heterocycles. The fourth-order valence-electron chi connectivity index (χ4n) is 1.29. The quantitative estimate of drug-likeness (QED) is 0.648. The van der Waals surface area contributed by atoms with E-state index in [0.29, 0.717) is 35.5 Å². The minimum Gasteiger partial charge on any atom is -0.398 e. The normalized spacial score (nSPS) is 12.9. The molecule has 0 saturated carbocycles. The van der Waals surface area contributed by atoms with Gasteiger partial charge in [0.15, 0.2) is 0 Å². The molecule has 0 fully saturated rings. The molecule has 1 aromatic rings. The Hall–Kier alpha value is -0.390. The molecule has 1 rings (SSSR count). The van der Waals surface area contributed by atoms with Gasteiger partial charge in [-0.1, -0.05) is 29.8 Å². The highest BCUT2D eigenvalue weighted by molar-refractivity contribution is 9.10. The van der Waals surface area contributed by atoms with Crippen molar-refractivity contribution in [1.29, 1.82) is 0 Å². The van der Waals surface area contributed by atoms with Crippen molar-refractivity contribution < 1.29 is 8.95 Å². The van der Waals surface area contributed by atoms with Crippen LogP contribution in [0.5, 0.6) is 0 Å². The van der Waals surface area contributed by atoms with Crippen molar-refractivity contribution in [2.75, 3.05) is 24.7 Å². The van der Waals surface area contributed by atoms with E-state index in [9.17, 15) is 4.21 Å². The number of benzene rings is 1. The van der Waals surface area contributed by atoms with Crippen LogP contribution in [0, 0.1) is 5.92 Å². The summed E-state index contributed by atoms with van der Waals surface area (Å²) in [7, 11) is -1.09. The van der Waals surface area contributed by atoms with Crippen molar-refractivity contribution >= 4 is 32.4 Å². The average Bonchev–Trinajstić information content (AvgIpc) is 2.23. The molecule has 0 heterocycles. The molecule has 0 aromatic heterocycles. The van der Waals surface area contributed by atoms with Crippen LogP contribution in [0.2, 0.25) is 0 Å². The molecule has 0 spiro atoms. The first kappa shape index (κ1) is 14.7. The van der Waals surface area contributed by atoms with Gasteiger partial charge in [0.25, 0.3) is 0 Å². The van der Waals surface area contributed by atoms with Gasteiger partial charge in [-0.25, -0.2) is 0 Å². The smallest absolute Gasteiger partial charge is 0.0619 e. The largest absolute Gasteiger partial charge is 0.398 e. The van der Waals surface area contributed by atoms with E-state index < -0.39 is 10.8 Å². The van der Waals surface area contributed by atoms with E-state index in [1.54, 1.807) is 12.1 Å². The van der Waals surface area contributed by atoms with E-state index >= 15 is 0 Å². The first-order valence-electron chi connectivity index (χ1n) is 5.52. The zero-order valence-electron chi connectivity index (χ0n) is 10.1. The van der Waals surface area contributed by atoms with Crippen LogP contribution in [-0.4, -0.2) is 23.2 Å². The summed E-state index contributed by atoms with van der Waals surface area (Å²) in [6.45, 7) is 5.38. The summed E-state index contributed by atoms with van der Waals surface area (Å²) in [5, 5.41) is 0. The van der Waals surface area contributed by atoms with Crippen LogP contribution < -0.4 is 5.73 Å². The van der Waals surface area contributed by atoms with Crippen molar-refractivity contribution in [3.63, 3.8) is 0 Å². The van der Waals surface area contributed by atoms with Crippen molar-refractivity contribution in [2.24, 2.45) is 5.92 Å². The summed E-state index contributed by atoms with van der Waals surface area (Å²) < 4.78 is 18.3. The lowest BCUT2D eigenvalue weighted by Gasteiger charge is -2.08. The number of anilines is 1. The third kappa shape index (κ3) is 5.19. The van der Waals surface area contributed by atoms with Crippen molar-refractivity contribution in [3.8, 4) is 0 Å². The number of nitrogen functional groups attached to an aromatic ring is 1. The van der Waals surface area contributed by atoms with Gasteiger partial charge in [-0.3, -0.25) is 4.21 Å². The maximum Gasteiger partial charge on any atom is 0.0619 e. The molecule has 0 radical (unpaired) electrons. The zero-order valence-corrected chi connectivity index (χ0v) is 12.5. The fraction of sp³-hybridized carbons (Fsp3) is 0.500. The molecule has 96 valence electrons. The molecular formula is C12H18BrNO2S. The maximum absolute atomic E-state index is 12.0. The van der Waals surface area contributed by atoms with Crippen LogP contribution in [0.3, 0.4) is 0 Å². The molecule has 0 aliphatic rings. The van der Waals surface area contributed by atoms with Gasteiger partial charge < -0.3 is 10.5 Å². The average molecular weight is 320 g/mol. The lowest BCUT2D eigenvalue weighted by Crippen LogP contribution is -2.11. The lowest BCUT2D eigenvalue weighted by atomic mass is 10.2. The van der Waals surface area contributed by atoms with Crippen LogP contribution >= 0.6 is 15.9 Å². The predicted molar refractivity (Wildman–Crippen MR) is 75.5 cm³/mol. The highest BCUT2D eigenvalue weighted by Crippen LogP contribution is 2.21.